The molecule has 0 spiro atoms. The summed E-state index contributed by atoms with van der Waals surface area (Å²) in [5, 5.41) is 27.0. The smallest absolute Gasteiger partial charge is 0.359 e. The van der Waals surface area contributed by atoms with E-state index in [1.807, 2.05) is 13.0 Å². The molecule has 0 aliphatic carbocycles. The van der Waals surface area contributed by atoms with Crippen LogP contribution in [0.4, 0.5) is 0 Å². The van der Waals surface area contributed by atoms with Crippen LogP contribution >= 0.6 is 0 Å². The van der Waals surface area contributed by atoms with Crippen LogP contribution in [-0.2, 0) is 14.4 Å². The fourth-order valence-electron chi connectivity index (χ4n) is 2.67. The Labute approximate surface area is 136 Å². The summed E-state index contributed by atoms with van der Waals surface area (Å²) in [5.74, 6) is -3.54. The van der Waals surface area contributed by atoms with Crippen LogP contribution in [0.2, 0.25) is 0 Å². The molecule has 0 unspecified atom stereocenters. The van der Waals surface area contributed by atoms with E-state index >= 15 is 0 Å². The molecule has 0 bridgehead atoms. The molecule has 0 aliphatic rings. The third kappa shape index (κ3) is 11.3. The maximum atomic E-state index is 11.0. The Morgan fingerprint density at radius 1 is 0.783 bits per heavy atom. The van der Waals surface area contributed by atoms with Crippen LogP contribution in [0.5, 0.6) is 0 Å². The Kier molecular flexibility index (Phi) is 10.7. The Bertz CT molecular complexity index is 378. The molecule has 3 N–H and O–H groups in total. The van der Waals surface area contributed by atoms with Gasteiger partial charge >= 0.3 is 17.9 Å². The molecule has 0 aromatic heterocycles. The molecule has 7 heteroatoms. The topological polar surface area (TPSA) is 112 Å². The summed E-state index contributed by atoms with van der Waals surface area (Å²) in [5.41, 5.74) is 0. The van der Waals surface area contributed by atoms with Crippen molar-refractivity contribution in [1.82, 2.24) is 0 Å². The molecule has 0 heterocycles. The number of hydrogen-bond donors (Lipinski definition) is 3. The molecule has 0 atom stereocenters. The largest absolute Gasteiger partial charge is 0.477 e. The molecule has 0 saturated heterocycles. The lowest BCUT2D eigenvalue weighted by Crippen LogP contribution is -2.57. The summed E-state index contributed by atoms with van der Waals surface area (Å²) in [6, 6.07) is 0. The normalized spacial score (nSPS) is 11.7. The molecule has 132 valence electrons. The molecule has 0 rings (SSSR count). The predicted molar refractivity (Wildman–Crippen MR) is 85.2 cm³/mol. The van der Waals surface area contributed by atoms with E-state index in [2.05, 4.69) is 6.08 Å². The van der Waals surface area contributed by atoms with Crippen molar-refractivity contribution in [1.29, 1.82) is 0 Å². The van der Waals surface area contributed by atoms with Crippen LogP contribution in [0, 0.1) is 0 Å². The number of carbonyl (C=O) groups is 3. The third-order valence-electron chi connectivity index (χ3n) is 3.65. The minimum atomic E-state index is -1.18. The van der Waals surface area contributed by atoms with Gasteiger partial charge in [-0.15, -0.1) is 0 Å². The lowest BCUT2D eigenvalue weighted by atomic mass is 10.1. The molecule has 0 aliphatic heterocycles. The zero-order valence-electron chi connectivity index (χ0n) is 13.7. The van der Waals surface area contributed by atoms with Crippen molar-refractivity contribution in [3.63, 3.8) is 0 Å². The number of hydrogen-bond acceptors (Lipinski definition) is 3. The number of allylic oxidation sites excluding steroid dienone is 2. The van der Waals surface area contributed by atoms with Gasteiger partial charge in [-0.25, -0.2) is 14.4 Å². The lowest BCUT2D eigenvalue weighted by molar-refractivity contribution is -0.907. The average molecular weight is 330 g/mol. The summed E-state index contributed by atoms with van der Waals surface area (Å²) in [7, 11) is 0. The first-order valence-electron chi connectivity index (χ1n) is 7.93. The Balaban J connectivity index is 4.46. The molecule has 0 radical (unpaired) electrons. The first-order chi connectivity index (χ1) is 10.8. The van der Waals surface area contributed by atoms with Gasteiger partial charge in [0, 0.05) is 0 Å². The van der Waals surface area contributed by atoms with Gasteiger partial charge in [-0.3, -0.25) is 4.48 Å². The van der Waals surface area contributed by atoms with E-state index in [1.165, 1.54) is 0 Å². The van der Waals surface area contributed by atoms with Crippen LogP contribution in [0.15, 0.2) is 12.2 Å². The van der Waals surface area contributed by atoms with E-state index in [0.717, 1.165) is 32.1 Å². The van der Waals surface area contributed by atoms with Gasteiger partial charge in [0.2, 0.25) is 0 Å². The number of rotatable bonds is 14. The Morgan fingerprint density at radius 3 is 1.65 bits per heavy atom. The van der Waals surface area contributed by atoms with Crippen molar-refractivity contribution in [3.05, 3.63) is 12.2 Å². The standard InChI is InChI=1S/C16H27NO6/c1-2-3-4-5-6-7-8-9-10-17(11-14(18)19,12-15(20)21)13-16(22)23/h2-3H,4-13H2,1H3,(H2-,18,19,20,21,22,23)/p+1/b3-2+. The van der Waals surface area contributed by atoms with Crippen molar-refractivity contribution < 1.29 is 34.2 Å². The van der Waals surface area contributed by atoms with Crippen molar-refractivity contribution in [2.75, 3.05) is 26.2 Å². The molecule has 0 saturated carbocycles. The van der Waals surface area contributed by atoms with Crippen molar-refractivity contribution >= 4 is 17.9 Å². The number of nitrogens with zero attached hydrogens (tertiary/aromatic N) is 1. The van der Waals surface area contributed by atoms with Crippen LogP contribution in [0.1, 0.15) is 45.4 Å². The van der Waals surface area contributed by atoms with Gasteiger partial charge in [-0.1, -0.05) is 25.0 Å². The second kappa shape index (κ2) is 11.6. The quantitative estimate of drug-likeness (QED) is 0.255. The SMILES string of the molecule is C/C=C/CCCCCCC[N+](CC(=O)O)(CC(=O)O)CC(=O)O. The second-order valence-electron chi connectivity index (χ2n) is 5.85. The van der Waals surface area contributed by atoms with E-state index in [-0.39, 0.29) is 6.54 Å². The van der Waals surface area contributed by atoms with E-state index in [1.54, 1.807) is 0 Å². The number of quaternary nitrogens is 1. The van der Waals surface area contributed by atoms with Gasteiger partial charge in [0.25, 0.3) is 0 Å². The molecule has 7 nitrogen and oxygen atoms in total. The third-order valence-corrected chi connectivity index (χ3v) is 3.65. The second-order valence-corrected chi connectivity index (χ2v) is 5.85. The minimum Gasteiger partial charge on any atom is -0.477 e. The predicted octanol–water partition coefficient (Wildman–Crippen LogP) is 1.97. The van der Waals surface area contributed by atoms with Gasteiger partial charge in [0.15, 0.2) is 19.6 Å². The highest BCUT2D eigenvalue weighted by Crippen LogP contribution is 2.13. The van der Waals surface area contributed by atoms with E-state index in [9.17, 15) is 14.4 Å². The monoisotopic (exact) mass is 330 g/mol. The van der Waals surface area contributed by atoms with Gasteiger partial charge in [-0.05, 0) is 32.6 Å². The summed E-state index contributed by atoms with van der Waals surface area (Å²) >= 11 is 0. The first-order valence-corrected chi connectivity index (χ1v) is 7.93. The van der Waals surface area contributed by atoms with Gasteiger partial charge in [-0.2, -0.15) is 0 Å². The fraction of sp³-hybridized carbons (Fsp3) is 0.688. The number of carboxylic acids is 3. The van der Waals surface area contributed by atoms with Crippen molar-refractivity contribution in [2.24, 2.45) is 0 Å². The minimum absolute atomic E-state index is 0.250. The van der Waals surface area contributed by atoms with E-state index in [4.69, 9.17) is 15.3 Å². The molecular weight excluding hydrogens is 302 g/mol. The lowest BCUT2D eigenvalue weighted by Gasteiger charge is -2.34. The number of carboxylic acid groups (broad SMARTS) is 3. The van der Waals surface area contributed by atoms with Crippen LogP contribution in [0.25, 0.3) is 0 Å². The average Bonchev–Trinajstić information content (AvgIpc) is 2.39. The van der Waals surface area contributed by atoms with Crippen molar-refractivity contribution in [3.8, 4) is 0 Å². The zero-order valence-corrected chi connectivity index (χ0v) is 13.7. The molecule has 0 fully saturated rings. The summed E-state index contributed by atoms with van der Waals surface area (Å²) < 4.78 is -0.446. The highest BCUT2D eigenvalue weighted by Gasteiger charge is 2.35. The Morgan fingerprint density at radius 2 is 1.22 bits per heavy atom. The first kappa shape index (κ1) is 21.1. The van der Waals surface area contributed by atoms with Gasteiger partial charge in [0.05, 0.1) is 6.54 Å². The van der Waals surface area contributed by atoms with Crippen LogP contribution in [0.3, 0.4) is 0 Å². The maximum Gasteiger partial charge on any atom is 0.359 e. The van der Waals surface area contributed by atoms with E-state index < -0.39 is 42.0 Å². The van der Waals surface area contributed by atoms with Crippen molar-refractivity contribution in [2.45, 2.75) is 45.4 Å². The highest BCUT2D eigenvalue weighted by molar-refractivity contribution is 5.73. The maximum absolute atomic E-state index is 11.0. The number of aliphatic carboxylic acids is 3. The Hall–Kier alpha value is -1.89. The van der Waals surface area contributed by atoms with Gasteiger partial charge in [0.1, 0.15) is 0 Å². The number of unbranched alkanes of at least 4 members (excludes halogenated alkanes) is 5. The molecule has 0 amide bonds. The van der Waals surface area contributed by atoms with Crippen LogP contribution < -0.4 is 0 Å². The van der Waals surface area contributed by atoms with Gasteiger partial charge < -0.3 is 15.3 Å². The molecule has 0 aromatic carbocycles. The summed E-state index contributed by atoms with van der Waals surface area (Å²) in [6.07, 6.45) is 9.74. The summed E-state index contributed by atoms with van der Waals surface area (Å²) in [4.78, 5) is 33.0. The van der Waals surface area contributed by atoms with E-state index in [0.29, 0.717) is 6.42 Å². The fourth-order valence-corrected chi connectivity index (χ4v) is 2.67. The molecule has 23 heavy (non-hydrogen) atoms. The molecular formula is C16H28NO6+. The highest BCUT2D eigenvalue weighted by atomic mass is 16.4. The molecule has 0 aromatic rings. The summed E-state index contributed by atoms with van der Waals surface area (Å²) in [6.45, 7) is 0.768. The zero-order chi connectivity index (χ0) is 17.7. The van der Waals surface area contributed by atoms with Crippen LogP contribution in [-0.4, -0.2) is 63.9 Å².